The Morgan fingerprint density at radius 1 is 1.19 bits per heavy atom. The molecule has 0 spiro atoms. The van der Waals surface area contributed by atoms with E-state index >= 15 is 0 Å². The van der Waals surface area contributed by atoms with Gasteiger partial charge in [0.1, 0.15) is 0 Å². The van der Waals surface area contributed by atoms with Gasteiger partial charge in [0.05, 0.1) is 19.8 Å². The fourth-order valence-electron chi connectivity index (χ4n) is 4.24. The lowest BCUT2D eigenvalue weighted by Gasteiger charge is -2.44. The summed E-state index contributed by atoms with van der Waals surface area (Å²) in [6.45, 7) is 3.20. The van der Waals surface area contributed by atoms with Crippen molar-refractivity contribution in [2.45, 2.75) is 19.0 Å². The molecule has 2 aromatic carbocycles. The number of aromatic amines is 1. The molecule has 0 bridgehead atoms. The van der Waals surface area contributed by atoms with Gasteiger partial charge >= 0.3 is 5.97 Å². The van der Waals surface area contributed by atoms with Gasteiger partial charge in [-0.1, -0.05) is 29.8 Å². The Balaban J connectivity index is 0.00000121. The van der Waals surface area contributed by atoms with Crippen LogP contribution in [-0.4, -0.2) is 71.9 Å². The first-order valence-electron chi connectivity index (χ1n) is 11.6. The minimum absolute atomic E-state index is 0.0373. The molecule has 1 aliphatic heterocycles. The minimum Gasteiger partial charge on any atom is -0.483 e. The summed E-state index contributed by atoms with van der Waals surface area (Å²) >= 11 is 5.98. The number of morpholine rings is 1. The van der Waals surface area contributed by atoms with Crippen LogP contribution in [0.5, 0.6) is 0 Å². The van der Waals surface area contributed by atoms with Gasteiger partial charge in [-0.25, -0.2) is 4.79 Å². The summed E-state index contributed by atoms with van der Waals surface area (Å²) in [6, 6.07) is 15.2. The summed E-state index contributed by atoms with van der Waals surface area (Å²) in [6.07, 6.45) is 0.0373. The number of carboxylic acid groups (broad SMARTS) is 1. The molecule has 1 atom stereocenters. The first-order valence-corrected chi connectivity index (χ1v) is 12.0. The number of ether oxygens (including phenoxy) is 2. The predicted octanol–water partition coefficient (Wildman–Crippen LogP) is 2.45. The quantitative estimate of drug-likeness (QED) is 0.313. The zero-order valence-electron chi connectivity index (χ0n) is 20.2. The van der Waals surface area contributed by atoms with Crippen molar-refractivity contribution < 1.29 is 29.0 Å². The van der Waals surface area contributed by atoms with Crippen LogP contribution in [0.3, 0.4) is 0 Å². The molecule has 3 aromatic rings. The number of esters is 1. The number of hydrogen-bond acceptors (Lipinski definition) is 7. The largest absolute Gasteiger partial charge is 0.483 e. The minimum atomic E-state index is -1.55. The smallest absolute Gasteiger partial charge is 0.347 e. The van der Waals surface area contributed by atoms with E-state index in [1.165, 1.54) is 6.07 Å². The number of fused-ring (bicyclic) bond motifs is 1. The second-order valence-electron chi connectivity index (χ2n) is 8.13. The number of benzene rings is 2. The molecule has 1 aliphatic rings. The van der Waals surface area contributed by atoms with Gasteiger partial charge in [0, 0.05) is 47.1 Å². The summed E-state index contributed by atoms with van der Waals surface area (Å²) < 4.78 is 11.0. The van der Waals surface area contributed by atoms with E-state index in [1.54, 1.807) is 37.3 Å². The normalized spacial score (nSPS) is 15.1. The van der Waals surface area contributed by atoms with E-state index in [1.807, 2.05) is 23.1 Å². The molecule has 0 radical (unpaired) electrons. The molecule has 1 saturated heterocycles. The van der Waals surface area contributed by atoms with Crippen LogP contribution < -0.4 is 10.9 Å². The van der Waals surface area contributed by atoms with Crippen LogP contribution in [0.25, 0.3) is 10.9 Å². The Bertz CT molecular complexity index is 1290. The van der Waals surface area contributed by atoms with E-state index < -0.39 is 17.5 Å². The Kier molecular flexibility index (Phi) is 9.78. The van der Waals surface area contributed by atoms with Crippen LogP contribution in [0.15, 0.2) is 59.4 Å². The van der Waals surface area contributed by atoms with Gasteiger partial charge in [-0.3, -0.25) is 19.3 Å². The van der Waals surface area contributed by atoms with Crippen LogP contribution in [0, 0.1) is 0 Å². The summed E-state index contributed by atoms with van der Waals surface area (Å²) in [5.74, 6) is -1.05. The Labute approximate surface area is 218 Å². The summed E-state index contributed by atoms with van der Waals surface area (Å²) in [4.78, 5) is 52.4. The molecule has 2 heterocycles. The summed E-state index contributed by atoms with van der Waals surface area (Å²) in [5.41, 5.74) is -0.226. The van der Waals surface area contributed by atoms with Crippen molar-refractivity contribution in [1.82, 2.24) is 15.2 Å². The lowest BCUT2D eigenvalue weighted by molar-refractivity contribution is -0.163. The number of halogens is 1. The molecular formula is C26H28ClN3O7. The lowest BCUT2D eigenvalue weighted by atomic mass is 9.93. The number of para-hydroxylation sites is 1. The maximum Gasteiger partial charge on any atom is 0.347 e. The monoisotopic (exact) mass is 529 g/mol. The van der Waals surface area contributed by atoms with E-state index in [9.17, 15) is 14.4 Å². The molecule has 4 rings (SSSR count). The van der Waals surface area contributed by atoms with Crippen molar-refractivity contribution in [1.29, 1.82) is 0 Å². The van der Waals surface area contributed by atoms with Crippen molar-refractivity contribution in [2.75, 3.05) is 32.9 Å². The number of nitrogens with one attached hydrogen (secondary N) is 2. The highest BCUT2D eigenvalue weighted by Crippen LogP contribution is 2.26. The highest BCUT2D eigenvalue weighted by molar-refractivity contribution is 6.30. The van der Waals surface area contributed by atoms with E-state index in [0.29, 0.717) is 48.0 Å². The fraction of sp³-hybridized carbons (Fsp3) is 0.308. The van der Waals surface area contributed by atoms with Crippen LogP contribution in [-0.2, 0) is 25.5 Å². The van der Waals surface area contributed by atoms with Crippen LogP contribution in [0.4, 0.5) is 0 Å². The third-order valence-corrected chi connectivity index (χ3v) is 6.13. The van der Waals surface area contributed by atoms with Crippen molar-refractivity contribution in [2.24, 2.45) is 0 Å². The number of H-pyrrole nitrogens is 1. The van der Waals surface area contributed by atoms with E-state index in [2.05, 4.69) is 10.3 Å². The van der Waals surface area contributed by atoms with Gasteiger partial charge in [-0.15, -0.1) is 0 Å². The SMILES string of the molecule is CCOC(=O)C(Cc1cc(=O)[nH]c2ccccc12)(NC(=O)c1ccc(Cl)cc1)N1CCOCC1.O=CO. The number of amides is 1. The van der Waals surface area contributed by atoms with Crippen LogP contribution in [0.1, 0.15) is 22.8 Å². The average Bonchev–Trinajstić information content (AvgIpc) is 2.89. The molecule has 1 fully saturated rings. The molecule has 10 nitrogen and oxygen atoms in total. The Morgan fingerprint density at radius 2 is 1.84 bits per heavy atom. The van der Waals surface area contributed by atoms with Crippen molar-refractivity contribution in [3.05, 3.63) is 81.1 Å². The number of hydrogen-bond donors (Lipinski definition) is 3. The number of carbonyl (C=O) groups excluding carboxylic acids is 2. The maximum absolute atomic E-state index is 13.6. The maximum atomic E-state index is 13.6. The average molecular weight is 530 g/mol. The molecule has 196 valence electrons. The van der Waals surface area contributed by atoms with E-state index in [0.717, 1.165) is 5.39 Å². The topological polar surface area (TPSA) is 138 Å². The summed E-state index contributed by atoms with van der Waals surface area (Å²) in [5, 5.41) is 11.1. The molecule has 3 N–H and O–H groups in total. The lowest BCUT2D eigenvalue weighted by Crippen LogP contribution is -2.69. The van der Waals surface area contributed by atoms with Gasteiger partial charge in [0.15, 0.2) is 5.66 Å². The molecule has 11 heteroatoms. The molecule has 37 heavy (non-hydrogen) atoms. The third kappa shape index (κ3) is 6.73. The van der Waals surface area contributed by atoms with Gasteiger partial charge in [-0.2, -0.15) is 0 Å². The van der Waals surface area contributed by atoms with Crippen molar-refractivity contribution in [3.63, 3.8) is 0 Å². The molecule has 0 saturated carbocycles. The second kappa shape index (κ2) is 13.0. The zero-order valence-corrected chi connectivity index (χ0v) is 21.0. The molecule has 1 amide bonds. The van der Waals surface area contributed by atoms with Gasteiger partial charge in [0.25, 0.3) is 12.4 Å². The van der Waals surface area contributed by atoms with Crippen LogP contribution >= 0.6 is 11.6 Å². The van der Waals surface area contributed by atoms with Crippen LogP contribution in [0.2, 0.25) is 5.02 Å². The van der Waals surface area contributed by atoms with Gasteiger partial charge < -0.3 is 24.9 Å². The summed E-state index contributed by atoms with van der Waals surface area (Å²) in [7, 11) is 0. The number of carbonyl (C=O) groups is 3. The zero-order chi connectivity index (χ0) is 26.8. The number of aromatic nitrogens is 1. The fourth-order valence-corrected chi connectivity index (χ4v) is 4.37. The highest BCUT2D eigenvalue weighted by Gasteiger charge is 2.48. The number of nitrogens with zero attached hydrogens (tertiary/aromatic N) is 1. The number of pyridine rings is 1. The molecular weight excluding hydrogens is 502 g/mol. The molecule has 1 unspecified atom stereocenters. The first kappa shape index (κ1) is 27.9. The second-order valence-corrected chi connectivity index (χ2v) is 8.56. The standard InChI is InChI=1S/C25H26ClN3O5.CH2O2/c1-2-34-24(32)25(29-11-13-33-14-12-29,28-23(31)17-7-9-19(26)10-8-17)16-18-15-22(30)27-21-6-4-3-5-20(18)21;2-1-3/h3-10,15H,2,11-14,16H2,1H3,(H,27,30)(H,28,31);1H,(H,2,3). The number of rotatable bonds is 7. The van der Waals surface area contributed by atoms with Crippen molar-refractivity contribution in [3.8, 4) is 0 Å². The van der Waals surface area contributed by atoms with E-state index in [4.69, 9.17) is 31.0 Å². The Morgan fingerprint density at radius 3 is 2.49 bits per heavy atom. The van der Waals surface area contributed by atoms with E-state index in [-0.39, 0.29) is 25.1 Å². The Hall–Kier alpha value is -3.73. The predicted molar refractivity (Wildman–Crippen MR) is 138 cm³/mol. The molecule has 1 aromatic heterocycles. The van der Waals surface area contributed by atoms with Gasteiger partial charge in [0.2, 0.25) is 5.56 Å². The highest BCUT2D eigenvalue weighted by atomic mass is 35.5. The van der Waals surface area contributed by atoms with Gasteiger partial charge in [-0.05, 0) is 42.8 Å². The molecule has 0 aliphatic carbocycles. The van der Waals surface area contributed by atoms with Crippen molar-refractivity contribution >= 4 is 40.9 Å². The third-order valence-electron chi connectivity index (χ3n) is 5.87. The first-order chi connectivity index (χ1) is 17.8.